The van der Waals surface area contributed by atoms with E-state index >= 15 is 0 Å². The van der Waals surface area contributed by atoms with Crippen molar-refractivity contribution in [1.29, 1.82) is 0 Å². The van der Waals surface area contributed by atoms with E-state index in [2.05, 4.69) is 41.4 Å². The number of aromatic nitrogens is 1. The molecule has 0 aliphatic rings. The van der Waals surface area contributed by atoms with E-state index < -0.39 is 0 Å². The van der Waals surface area contributed by atoms with Crippen LogP contribution in [0.5, 0.6) is 0 Å². The lowest BCUT2D eigenvalue weighted by Gasteiger charge is -2.06. The number of aliphatic hydroxyl groups excluding tert-OH is 1. The Morgan fingerprint density at radius 1 is 1.46 bits per heavy atom. The molecule has 1 heterocycles. The maximum Gasteiger partial charge on any atom is 0.107 e. The van der Waals surface area contributed by atoms with Gasteiger partial charge in [0.2, 0.25) is 0 Å². The third-order valence-electron chi connectivity index (χ3n) is 1.77. The average molecular weight is 291 g/mol. The standard InChI is InChI=1S/C10H14INO/c1-7(2)5-9-4-3-8(6-13)10(11)12-9/h3-4,7,13H,5-6H2,1-2H3. The number of rotatable bonds is 3. The highest BCUT2D eigenvalue weighted by Gasteiger charge is 2.03. The van der Waals surface area contributed by atoms with Crippen LogP contribution in [0.2, 0.25) is 0 Å². The lowest BCUT2D eigenvalue weighted by Crippen LogP contribution is -2.01. The van der Waals surface area contributed by atoms with Gasteiger partial charge in [-0.25, -0.2) is 4.98 Å². The Hall–Kier alpha value is -0.160. The molecule has 0 spiro atoms. The predicted molar refractivity (Wildman–Crippen MR) is 61.4 cm³/mol. The monoisotopic (exact) mass is 291 g/mol. The van der Waals surface area contributed by atoms with Crippen molar-refractivity contribution in [3.63, 3.8) is 0 Å². The summed E-state index contributed by atoms with van der Waals surface area (Å²) in [6.07, 6.45) is 1.00. The van der Waals surface area contributed by atoms with Gasteiger partial charge in [0.15, 0.2) is 0 Å². The van der Waals surface area contributed by atoms with Gasteiger partial charge in [0.05, 0.1) is 6.61 Å². The molecule has 0 aliphatic heterocycles. The van der Waals surface area contributed by atoms with Crippen LogP contribution in [-0.4, -0.2) is 10.1 Å². The van der Waals surface area contributed by atoms with Crippen LogP contribution in [0.3, 0.4) is 0 Å². The second-order valence-electron chi connectivity index (χ2n) is 3.51. The largest absolute Gasteiger partial charge is 0.392 e. The van der Waals surface area contributed by atoms with Crippen LogP contribution in [0.1, 0.15) is 25.1 Å². The molecule has 13 heavy (non-hydrogen) atoms. The summed E-state index contributed by atoms with van der Waals surface area (Å²) in [4.78, 5) is 4.41. The Labute approximate surface area is 92.5 Å². The van der Waals surface area contributed by atoms with Gasteiger partial charge in [-0.15, -0.1) is 0 Å². The molecule has 1 N–H and O–H groups in total. The zero-order valence-corrected chi connectivity index (χ0v) is 10.1. The van der Waals surface area contributed by atoms with Crippen LogP contribution in [-0.2, 0) is 13.0 Å². The van der Waals surface area contributed by atoms with Crippen molar-refractivity contribution in [2.45, 2.75) is 26.9 Å². The second kappa shape index (κ2) is 4.91. The highest BCUT2D eigenvalue weighted by Crippen LogP contribution is 2.12. The number of pyridine rings is 1. The molecule has 0 unspecified atom stereocenters. The van der Waals surface area contributed by atoms with Gasteiger partial charge >= 0.3 is 0 Å². The van der Waals surface area contributed by atoms with Gasteiger partial charge < -0.3 is 5.11 Å². The summed E-state index contributed by atoms with van der Waals surface area (Å²) in [5.74, 6) is 0.628. The van der Waals surface area contributed by atoms with Crippen molar-refractivity contribution >= 4 is 22.6 Å². The first-order valence-electron chi connectivity index (χ1n) is 4.38. The van der Waals surface area contributed by atoms with Crippen LogP contribution >= 0.6 is 22.6 Å². The lowest BCUT2D eigenvalue weighted by atomic mass is 10.1. The molecular formula is C10H14INO. The first-order valence-corrected chi connectivity index (χ1v) is 5.46. The number of hydrogen-bond acceptors (Lipinski definition) is 2. The zero-order valence-electron chi connectivity index (χ0n) is 7.92. The van der Waals surface area contributed by atoms with Crippen molar-refractivity contribution in [2.75, 3.05) is 0 Å². The number of nitrogens with zero attached hydrogens (tertiary/aromatic N) is 1. The highest BCUT2D eigenvalue weighted by molar-refractivity contribution is 14.1. The third kappa shape index (κ3) is 3.23. The summed E-state index contributed by atoms with van der Waals surface area (Å²) in [5, 5.41) is 8.95. The van der Waals surface area contributed by atoms with E-state index in [1.54, 1.807) is 0 Å². The van der Waals surface area contributed by atoms with E-state index in [0.29, 0.717) is 5.92 Å². The maximum atomic E-state index is 8.95. The molecule has 1 aromatic heterocycles. The number of aliphatic hydroxyl groups is 1. The molecule has 0 radical (unpaired) electrons. The molecule has 0 fully saturated rings. The fourth-order valence-corrected chi connectivity index (χ4v) is 1.81. The van der Waals surface area contributed by atoms with Gasteiger partial charge in [0.1, 0.15) is 3.70 Å². The van der Waals surface area contributed by atoms with Crippen LogP contribution in [0.15, 0.2) is 12.1 Å². The summed E-state index contributed by atoms with van der Waals surface area (Å²) in [6, 6.07) is 3.94. The summed E-state index contributed by atoms with van der Waals surface area (Å²) in [5.41, 5.74) is 2.02. The SMILES string of the molecule is CC(C)Cc1ccc(CO)c(I)n1. The van der Waals surface area contributed by atoms with Crippen LogP contribution in [0, 0.1) is 9.62 Å². The number of hydrogen-bond donors (Lipinski definition) is 1. The minimum Gasteiger partial charge on any atom is -0.392 e. The molecule has 0 saturated heterocycles. The van der Waals surface area contributed by atoms with Crippen LogP contribution in [0.4, 0.5) is 0 Å². The first-order chi connectivity index (χ1) is 6.13. The maximum absolute atomic E-state index is 8.95. The summed E-state index contributed by atoms with van der Waals surface area (Å²) in [6.45, 7) is 4.43. The molecule has 1 aromatic rings. The van der Waals surface area contributed by atoms with Crippen molar-refractivity contribution in [3.05, 3.63) is 27.1 Å². The van der Waals surface area contributed by atoms with Crippen molar-refractivity contribution in [1.82, 2.24) is 4.98 Å². The van der Waals surface area contributed by atoms with E-state index in [0.717, 1.165) is 21.4 Å². The van der Waals surface area contributed by atoms with Gasteiger partial charge in [0.25, 0.3) is 0 Å². The van der Waals surface area contributed by atoms with Gasteiger partial charge in [-0.2, -0.15) is 0 Å². The molecule has 0 aromatic carbocycles. The Kier molecular flexibility index (Phi) is 4.12. The van der Waals surface area contributed by atoms with Crippen molar-refractivity contribution in [3.8, 4) is 0 Å². The summed E-state index contributed by atoms with van der Waals surface area (Å²) < 4.78 is 0.915. The highest BCUT2D eigenvalue weighted by atomic mass is 127. The quantitative estimate of drug-likeness (QED) is 0.685. The van der Waals surface area contributed by atoms with E-state index in [-0.39, 0.29) is 6.61 Å². The van der Waals surface area contributed by atoms with E-state index in [4.69, 9.17) is 5.11 Å². The minimum atomic E-state index is 0.0766. The zero-order chi connectivity index (χ0) is 9.84. The van der Waals surface area contributed by atoms with E-state index in [1.165, 1.54) is 0 Å². The van der Waals surface area contributed by atoms with E-state index in [9.17, 15) is 0 Å². The Morgan fingerprint density at radius 3 is 2.62 bits per heavy atom. The van der Waals surface area contributed by atoms with Gasteiger partial charge in [-0.1, -0.05) is 19.9 Å². The Balaban J connectivity index is 2.83. The predicted octanol–water partition coefficient (Wildman–Crippen LogP) is 2.38. The number of halogens is 1. The fraction of sp³-hybridized carbons (Fsp3) is 0.500. The van der Waals surface area contributed by atoms with Crippen molar-refractivity contribution < 1.29 is 5.11 Å². The summed E-state index contributed by atoms with van der Waals surface area (Å²) in [7, 11) is 0. The molecule has 0 bridgehead atoms. The van der Waals surface area contributed by atoms with Gasteiger partial charge in [-0.05, 0) is 41.0 Å². The van der Waals surface area contributed by atoms with Gasteiger partial charge in [-0.3, -0.25) is 0 Å². The fourth-order valence-electron chi connectivity index (χ4n) is 1.15. The van der Waals surface area contributed by atoms with Gasteiger partial charge in [0, 0.05) is 11.3 Å². The van der Waals surface area contributed by atoms with Crippen molar-refractivity contribution in [2.24, 2.45) is 5.92 Å². The molecular weight excluding hydrogens is 277 g/mol. The molecule has 0 saturated carbocycles. The molecule has 0 amide bonds. The molecule has 2 nitrogen and oxygen atoms in total. The third-order valence-corrected chi connectivity index (χ3v) is 2.71. The molecule has 0 atom stereocenters. The van der Waals surface area contributed by atoms with Crippen LogP contribution in [0.25, 0.3) is 0 Å². The normalized spacial score (nSPS) is 10.8. The molecule has 3 heteroatoms. The molecule has 72 valence electrons. The van der Waals surface area contributed by atoms with E-state index in [1.807, 2.05) is 12.1 Å². The minimum absolute atomic E-state index is 0.0766. The lowest BCUT2D eigenvalue weighted by molar-refractivity contribution is 0.280. The Morgan fingerprint density at radius 2 is 2.15 bits per heavy atom. The molecule has 1 rings (SSSR count). The smallest absolute Gasteiger partial charge is 0.107 e. The first kappa shape index (κ1) is 10.9. The topological polar surface area (TPSA) is 33.1 Å². The van der Waals surface area contributed by atoms with Crippen LogP contribution < -0.4 is 0 Å². The Bertz CT molecular complexity index is 286. The molecule has 0 aliphatic carbocycles. The summed E-state index contributed by atoms with van der Waals surface area (Å²) >= 11 is 2.16. The average Bonchev–Trinajstić information content (AvgIpc) is 2.03. The second-order valence-corrected chi connectivity index (χ2v) is 4.53.